The van der Waals surface area contributed by atoms with Gasteiger partial charge in [0.15, 0.2) is 0 Å². The van der Waals surface area contributed by atoms with Gasteiger partial charge in [0.25, 0.3) is 0 Å². The zero-order valence-electron chi connectivity index (χ0n) is 12.8. The maximum absolute atomic E-state index is 12.2. The number of imidazole rings is 1. The topological polar surface area (TPSA) is 66.9 Å². The van der Waals surface area contributed by atoms with Crippen molar-refractivity contribution in [3.05, 3.63) is 58.0 Å². The number of aromatic amines is 1. The first-order chi connectivity index (χ1) is 11.0. The van der Waals surface area contributed by atoms with Crippen molar-refractivity contribution in [1.29, 1.82) is 0 Å². The fraction of sp³-hybridized carbons (Fsp3) is 0.176. The van der Waals surface area contributed by atoms with Crippen LogP contribution in [0.4, 0.5) is 5.69 Å². The largest absolute Gasteiger partial charge is 0.331 e. The highest BCUT2D eigenvalue weighted by atomic mass is 35.5. The van der Waals surface area contributed by atoms with Crippen molar-refractivity contribution in [2.45, 2.75) is 13.8 Å². The molecule has 1 aromatic heterocycles. The highest BCUT2D eigenvalue weighted by Gasteiger charge is 2.10. The first-order valence-electron chi connectivity index (χ1n) is 7.27. The molecule has 0 radical (unpaired) electrons. The third-order valence-electron chi connectivity index (χ3n) is 3.56. The van der Waals surface area contributed by atoms with Gasteiger partial charge in [-0.2, -0.15) is 0 Å². The number of benzene rings is 2. The molecule has 1 heterocycles. The summed E-state index contributed by atoms with van der Waals surface area (Å²) in [7, 11) is 0. The van der Waals surface area contributed by atoms with E-state index >= 15 is 0 Å². The Morgan fingerprint density at radius 1 is 1.17 bits per heavy atom. The summed E-state index contributed by atoms with van der Waals surface area (Å²) in [5, 5.41) is 3.38. The summed E-state index contributed by atoms with van der Waals surface area (Å²) in [6, 6.07) is 12.3. The van der Waals surface area contributed by atoms with E-state index in [4.69, 9.17) is 11.6 Å². The fourth-order valence-electron chi connectivity index (χ4n) is 2.31. The normalized spacial score (nSPS) is 11.1. The van der Waals surface area contributed by atoms with Crippen molar-refractivity contribution >= 4 is 34.2 Å². The van der Waals surface area contributed by atoms with Gasteiger partial charge < -0.3 is 10.3 Å². The zero-order chi connectivity index (χ0) is 16.6. The number of H-pyrrole nitrogens is 1. The van der Waals surface area contributed by atoms with E-state index in [9.17, 15) is 9.59 Å². The van der Waals surface area contributed by atoms with E-state index in [1.165, 1.54) is 0 Å². The van der Waals surface area contributed by atoms with Crippen LogP contribution < -0.4 is 11.0 Å². The minimum Gasteiger partial charge on any atom is -0.326 e. The number of halogens is 1. The van der Waals surface area contributed by atoms with Crippen molar-refractivity contribution < 1.29 is 4.79 Å². The molecular weight excluding hydrogens is 314 g/mol. The molecule has 118 valence electrons. The number of amides is 1. The maximum atomic E-state index is 12.2. The summed E-state index contributed by atoms with van der Waals surface area (Å²) in [6.45, 7) is 3.66. The Labute approximate surface area is 137 Å². The van der Waals surface area contributed by atoms with Crippen LogP contribution in [-0.2, 0) is 4.79 Å². The summed E-state index contributed by atoms with van der Waals surface area (Å²) >= 11 is 6.02. The van der Waals surface area contributed by atoms with Gasteiger partial charge in [-0.25, -0.2) is 4.79 Å². The van der Waals surface area contributed by atoms with Gasteiger partial charge in [-0.3, -0.25) is 9.36 Å². The first-order valence-corrected chi connectivity index (χ1v) is 7.65. The van der Waals surface area contributed by atoms with Crippen LogP contribution in [-0.4, -0.2) is 15.5 Å². The molecule has 0 fully saturated rings. The number of fused-ring (bicyclic) bond motifs is 1. The molecule has 3 rings (SSSR count). The van der Waals surface area contributed by atoms with Gasteiger partial charge in [-0.15, -0.1) is 0 Å². The minimum atomic E-state index is -0.235. The Bertz CT molecular complexity index is 923. The van der Waals surface area contributed by atoms with Crippen LogP contribution in [0.2, 0.25) is 5.02 Å². The number of carbonyl (C=O) groups excluding carboxylic acids is 1. The number of hydrogen-bond acceptors (Lipinski definition) is 2. The molecule has 5 nitrogen and oxygen atoms in total. The molecule has 1 amide bonds. The number of aromatic nitrogens is 2. The van der Waals surface area contributed by atoms with E-state index in [1.807, 2.05) is 13.8 Å². The van der Waals surface area contributed by atoms with Crippen molar-refractivity contribution in [3.63, 3.8) is 0 Å². The molecule has 0 unspecified atom stereocenters. The lowest BCUT2D eigenvalue weighted by molar-refractivity contribution is -0.118. The Balaban J connectivity index is 2.00. The monoisotopic (exact) mass is 329 g/mol. The highest BCUT2D eigenvalue weighted by molar-refractivity contribution is 6.31. The standard InChI is InChI=1S/C17H16ClN3O2/c1-10(2)16(22)19-12-4-6-13(7-5-12)21-15-9-11(18)3-8-14(15)20-17(21)23/h3-10H,1-2H3,(H,19,22)(H,20,23). The third kappa shape index (κ3) is 3.00. The molecule has 0 spiro atoms. The number of anilines is 1. The number of hydrogen-bond donors (Lipinski definition) is 2. The van der Waals surface area contributed by atoms with Gasteiger partial charge >= 0.3 is 5.69 Å². The first kappa shape index (κ1) is 15.4. The van der Waals surface area contributed by atoms with Crippen LogP contribution in [0.1, 0.15) is 13.8 Å². The summed E-state index contributed by atoms with van der Waals surface area (Å²) in [5.41, 5.74) is 2.59. The van der Waals surface area contributed by atoms with Gasteiger partial charge in [0.1, 0.15) is 0 Å². The number of nitrogens with one attached hydrogen (secondary N) is 2. The lowest BCUT2D eigenvalue weighted by Gasteiger charge is -2.09. The van der Waals surface area contributed by atoms with Gasteiger partial charge in [0.05, 0.1) is 16.7 Å². The molecule has 2 aromatic carbocycles. The van der Waals surface area contributed by atoms with E-state index in [0.717, 1.165) is 5.52 Å². The van der Waals surface area contributed by atoms with Crippen LogP contribution >= 0.6 is 11.6 Å². The molecular formula is C17H16ClN3O2. The van der Waals surface area contributed by atoms with Gasteiger partial charge in [-0.05, 0) is 42.5 Å². The quantitative estimate of drug-likeness (QED) is 0.771. The lowest BCUT2D eigenvalue weighted by Crippen LogP contribution is -2.18. The van der Waals surface area contributed by atoms with Crippen molar-refractivity contribution in [3.8, 4) is 5.69 Å². The second kappa shape index (κ2) is 5.93. The van der Waals surface area contributed by atoms with Gasteiger partial charge in [0.2, 0.25) is 5.91 Å². The second-order valence-electron chi connectivity index (χ2n) is 5.62. The fourth-order valence-corrected chi connectivity index (χ4v) is 2.48. The number of rotatable bonds is 3. The molecule has 0 saturated heterocycles. The second-order valence-corrected chi connectivity index (χ2v) is 6.05. The van der Waals surface area contributed by atoms with Crippen LogP contribution in [0, 0.1) is 5.92 Å². The third-order valence-corrected chi connectivity index (χ3v) is 3.80. The Morgan fingerprint density at radius 2 is 1.87 bits per heavy atom. The maximum Gasteiger partial charge on any atom is 0.331 e. The van der Waals surface area contributed by atoms with Crippen LogP contribution in [0.25, 0.3) is 16.7 Å². The summed E-state index contributed by atoms with van der Waals surface area (Å²) < 4.78 is 1.55. The molecule has 0 aliphatic heterocycles. The molecule has 23 heavy (non-hydrogen) atoms. The molecule has 0 aliphatic carbocycles. The van der Waals surface area contributed by atoms with Crippen molar-refractivity contribution in [1.82, 2.24) is 9.55 Å². The predicted molar refractivity (Wildman–Crippen MR) is 92.4 cm³/mol. The van der Waals surface area contributed by atoms with Crippen molar-refractivity contribution in [2.24, 2.45) is 5.92 Å². The summed E-state index contributed by atoms with van der Waals surface area (Å²) in [4.78, 5) is 26.7. The number of nitrogens with zero attached hydrogens (tertiary/aromatic N) is 1. The molecule has 0 bridgehead atoms. The molecule has 2 N–H and O–H groups in total. The van der Waals surface area contributed by atoms with E-state index in [-0.39, 0.29) is 17.5 Å². The van der Waals surface area contributed by atoms with Crippen molar-refractivity contribution in [2.75, 3.05) is 5.32 Å². The lowest BCUT2D eigenvalue weighted by atomic mass is 10.2. The molecule has 3 aromatic rings. The SMILES string of the molecule is CC(C)C(=O)Nc1ccc(-n2c(=O)[nH]c3ccc(Cl)cc32)cc1. The molecule has 0 saturated carbocycles. The molecule has 6 heteroatoms. The van der Waals surface area contributed by atoms with Crippen LogP contribution in [0.15, 0.2) is 47.3 Å². The molecule has 0 atom stereocenters. The summed E-state index contributed by atoms with van der Waals surface area (Å²) in [6.07, 6.45) is 0. The van der Waals surface area contributed by atoms with E-state index < -0.39 is 0 Å². The smallest absolute Gasteiger partial charge is 0.326 e. The van der Waals surface area contributed by atoms with E-state index in [2.05, 4.69) is 10.3 Å². The summed E-state index contributed by atoms with van der Waals surface area (Å²) in [5.74, 6) is -0.137. The zero-order valence-corrected chi connectivity index (χ0v) is 13.5. The van der Waals surface area contributed by atoms with Crippen LogP contribution in [0.5, 0.6) is 0 Å². The van der Waals surface area contributed by atoms with Gasteiger partial charge in [0, 0.05) is 16.6 Å². The number of carbonyl (C=O) groups is 1. The van der Waals surface area contributed by atoms with Gasteiger partial charge in [-0.1, -0.05) is 25.4 Å². The Morgan fingerprint density at radius 3 is 2.52 bits per heavy atom. The molecule has 0 aliphatic rings. The average molecular weight is 330 g/mol. The average Bonchev–Trinajstić information content (AvgIpc) is 2.83. The van der Waals surface area contributed by atoms with E-state index in [0.29, 0.717) is 21.9 Å². The highest BCUT2D eigenvalue weighted by Crippen LogP contribution is 2.21. The predicted octanol–water partition coefficient (Wildman–Crippen LogP) is 3.57. The van der Waals surface area contributed by atoms with Crippen LogP contribution in [0.3, 0.4) is 0 Å². The Kier molecular flexibility index (Phi) is 3.96. The minimum absolute atomic E-state index is 0.0474. The Hall–Kier alpha value is -2.53. The van der Waals surface area contributed by atoms with E-state index in [1.54, 1.807) is 47.0 Å².